The van der Waals surface area contributed by atoms with Crippen molar-refractivity contribution >= 4 is 5.69 Å². The molecular formula is C14H19F4N. The number of anilines is 1. The van der Waals surface area contributed by atoms with Gasteiger partial charge in [-0.25, -0.2) is 17.6 Å². The molecule has 0 saturated heterocycles. The Bertz CT molecular complexity index is 394. The van der Waals surface area contributed by atoms with Crippen LogP contribution in [0.3, 0.4) is 0 Å². The first-order valence-electron chi connectivity index (χ1n) is 6.56. The van der Waals surface area contributed by atoms with Gasteiger partial charge in [0.2, 0.25) is 0 Å². The van der Waals surface area contributed by atoms with Crippen molar-refractivity contribution in [1.29, 1.82) is 0 Å². The number of benzene rings is 1. The highest BCUT2D eigenvalue weighted by Gasteiger charge is 2.20. The van der Waals surface area contributed by atoms with E-state index in [4.69, 9.17) is 0 Å². The summed E-state index contributed by atoms with van der Waals surface area (Å²) in [5.41, 5.74) is -0.722. The van der Waals surface area contributed by atoms with Gasteiger partial charge < -0.3 is 5.32 Å². The van der Waals surface area contributed by atoms with Crippen molar-refractivity contribution in [3.63, 3.8) is 0 Å². The van der Waals surface area contributed by atoms with Crippen molar-refractivity contribution < 1.29 is 17.6 Å². The van der Waals surface area contributed by atoms with Crippen LogP contribution in [0.5, 0.6) is 0 Å². The quantitative estimate of drug-likeness (QED) is 0.419. The van der Waals surface area contributed by atoms with Crippen molar-refractivity contribution in [2.75, 3.05) is 5.32 Å². The van der Waals surface area contributed by atoms with E-state index in [1.165, 1.54) is 0 Å². The van der Waals surface area contributed by atoms with Crippen LogP contribution in [0.2, 0.25) is 0 Å². The molecule has 1 nitrogen and oxygen atoms in total. The number of nitrogens with one attached hydrogen (secondary N) is 1. The standard InChI is InChI=1S/C14H19F4N/c1-3-4-5-6-7-9(2)19-14-12(17)10(15)8-11(16)13(14)18/h8-9,19H,3-7H2,1-2H3. The van der Waals surface area contributed by atoms with Gasteiger partial charge in [0.05, 0.1) is 0 Å². The Kier molecular flexibility index (Phi) is 6.12. The van der Waals surface area contributed by atoms with Gasteiger partial charge in [0, 0.05) is 12.1 Å². The van der Waals surface area contributed by atoms with Crippen molar-refractivity contribution in [1.82, 2.24) is 0 Å². The predicted molar refractivity (Wildman–Crippen MR) is 68.1 cm³/mol. The number of halogens is 4. The monoisotopic (exact) mass is 277 g/mol. The fraction of sp³-hybridized carbons (Fsp3) is 0.571. The second kappa shape index (κ2) is 7.36. The van der Waals surface area contributed by atoms with Gasteiger partial charge in [0.25, 0.3) is 0 Å². The second-order valence-electron chi connectivity index (χ2n) is 4.74. The average Bonchev–Trinajstić information content (AvgIpc) is 2.37. The summed E-state index contributed by atoms with van der Waals surface area (Å²) in [6.45, 7) is 3.82. The van der Waals surface area contributed by atoms with Gasteiger partial charge in [-0.05, 0) is 13.3 Å². The van der Waals surface area contributed by atoms with Gasteiger partial charge in [0.1, 0.15) is 5.69 Å². The molecule has 1 atom stereocenters. The summed E-state index contributed by atoms with van der Waals surface area (Å²) in [5.74, 6) is -5.53. The van der Waals surface area contributed by atoms with Crippen LogP contribution in [0.25, 0.3) is 0 Å². The maximum absolute atomic E-state index is 13.4. The Morgan fingerprint density at radius 1 is 1.00 bits per heavy atom. The lowest BCUT2D eigenvalue weighted by atomic mass is 10.1. The van der Waals surface area contributed by atoms with Crippen LogP contribution < -0.4 is 5.32 Å². The molecule has 1 aromatic rings. The lowest BCUT2D eigenvalue weighted by Gasteiger charge is -2.16. The van der Waals surface area contributed by atoms with Crippen LogP contribution in [0, 0.1) is 23.3 Å². The minimum absolute atomic E-state index is 0.210. The van der Waals surface area contributed by atoms with Crippen molar-refractivity contribution in [3.8, 4) is 0 Å². The molecule has 0 bridgehead atoms. The van der Waals surface area contributed by atoms with Crippen molar-refractivity contribution in [2.24, 2.45) is 0 Å². The molecule has 0 aromatic heterocycles. The Morgan fingerprint density at radius 3 is 2.11 bits per heavy atom. The highest BCUT2D eigenvalue weighted by Crippen LogP contribution is 2.25. The zero-order chi connectivity index (χ0) is 14.4. The molecule has 5 heteroatoms. The van der Waals surface area contributed by atoms with Gasteiger partial charge in [-0.2, -0.15) is 0 Å². The van der Waals surface area contributed by atoms with Crippen LogP contribution >= 0.6 is 0 Å². The zero-order valence-corrected chi connectivity index (χ0v) is 11.2. The van der Waals surface area contributed by atoms with Gasteiger partial charge >= 0.3 is 0 Å². The summed E-state index contributed by atoms with van der Waals surface area (Å²) in [6, 6.07) is -0.0380. The van der Waals surface area contributed by atoms with Crippen LogP contribution in [-0.4, -0.2) is 6.04 Å². The minimum Gasteiger partial charge on any atom is -0.378 e. The molecule has 0 fully saturated rings. The maximum Gasteiger partial charge on any atom is 0.185 e. The number of hydrogen-bond donors (Lipinski definition) is 1. The molecule has 0 saturated carbocycles. The zero-order valence-electron chi connectivity index (χ0n) is 11.2. The molecule has 108 valence electrons. The van der Waals surface area contributed by atoms with E-state index in [1.807, 2.05) is 0 Å². The molecule has 0 aliphatic heterocycles. The third-order valence-corrected chi connectivity index (χ3v) is 2.99. The van der Waals surface area contributed by atoms with Gasteiger partial charge in [-0.1, -0.05) is 32.6 Å². The number of rotatable bonds is 7. The highest BCUT2D eigenvalue weighted by molar-refractivity contribution is 5.47. The van der Waals surface area contributed by atoms with Crippen LogP contribution in [0.1, 0.15) is 46.0 Å². The largest absolute Gasteiger partial charge is 0.378 e. The topological polar surface area (TPSA) is 12.0 Å². The average molecular weight is 277 g/mol. The summed E-state index contributed by atoms with van der Waals surface area (Å²) in [7, 11) is 0. The molecule has 0 spiro atoms. The third-order valence-electron chi connectivity index (χ3n) is 2.99. The van der Waals surface area contributed by atoms with E-state index in [0.717, 1.165) is 25.7 Å². The fourth-order valence-electron chi connectivity index (χ4n) is 1.90. The molecule has 0 radical (unpaired) electrons. The SMILES string of the molecule is CCCCCCC(C)Nc1c(F)c(F)cc(F)c1F. The van der Waals surface area contributed by atoms with E-state index < -0.39 is 29.0 Å². The van der Waals surface area contributed by atoms with E-state index in [0.29, 0.717) is 6.42 Å². The van der Waals surface area contributed by atoms with E-state index in [9.17, 15) is 17.6 Å². The van der Waals surface area contributed by atoms with E-state index in [2.05, 4.69) is 12.2 Å². The van der Waals surface area contributed by atoms with Crippen molar-refractivity contribution in [2.45, 2.75) is 52.0 Å². The Balaban J connectivity index is 2.66. The summed E-state index contributed by atoms with van der Waals surface area (Å²) in [6.07, 6.45) is 4.83. The van der Waals surface area contributed by atoms with E-state index in [1.54, 1.807) is 6.92 Å². The summed E-state index contributed by atoms with van der Waals surface area (Å²) in [5, 5.41) is 2.51. The Morgan fingerprint density at radius 2 is 1.58 bits per heavy atom. The van der Waals surface area contributed by atoms with E-state index in [-0.39, 0.29) is 12.1 Å². The summed E-state index contributed by atoms with van der Waals surface area (Å²) in [4.78, 5) is 0. The number of unbranched alkanes of at least 4 members (excludes halogenated alkanes) is 3. The predicted octanol–water partition coefficient (Wildman–Crippen LogP) is 5.01. The van der Waals surface area contributed by atoms with Gasteiger partial charge in [0.15, 0.2) is 23.3 Å². The van der Waals surface area contributed by atoms with Gasteiger partial charge in [-0.3, -0.25) is 0 Å². The van der Waals surface area contributed by atoms with Crippen molar-refractivity contribution in [3.05, 3.63) is 29.3 Å². The molecule has 1 aromatic carbocycles. The van der Waals surface area contributed by atoms with Gasteiger partial charge in [-0.15, -0.1) is 0 Å². The lowest BCUT2D eigenvalue weighted by Crippen LogP contribution is -2.18. The lowest BCUT2D eigenvalue weighted by molar-refractivity contribution is 0.455. The number of hydrogen-bond acceptors (Lipinski definition) is 1. The first-order valence-corrected chi connectivity index (χ1v) is 6.56. The molecule has 0 aliphatic rings. The molecule has 0 amide bonds. The molecule has 1 unspecified atom stereocenters. The Labute approximate surface area is 111 Å². The smallest absolute Gasteiger partial charge is 0.185 e. The fourth-order valence-corrected chi connectivity index (χ4v) is 1.90. The second-order valence-corrected chi connectivity index (χ2v) is 4.74. The van der Waals surface area contributed by atoms with Crippen LogP contribution in [-0.2, 0) is 0 Å². The first-order chi connectivity index (χ1) is 8.97. The molecule has 0 heterocycles. The van der Waals surface area contributed by atoms with E-state index >= 15 is 0 Å². The Hall–Kier alpha value is -1.26. The summed E-state index contributed by atoms with van der Waals surface area (Å²) < 4.78 is 52.8. The minimum atomic E-state index is -1.39. The molecule has 0 aliphatic carbocycles. The molecule has 1 N–H and O–H groups in total. The molecule has 1 rings (SSSR count). The molecular weight excluding hydrogens is 258 g/mol. The summed E-state index contributed by atoms with van der Waals surface area (Å²) >= 11 is 0. The highest BCUT2D eigenvalue weighted by atomic mass is 19.2. The molecule has 19 heavy (non-hydrogen) atoms. The third kappa shape index (κ3) is 4.40. The maximum atomic E-state index is 13.4. The normalized spacial score (nSPS) is 12.5. The first kappa shape index (κ1) is 15.8. The van der Waals surface area contributed by atoms with Crippen LogP contribution in [0.4, 0.5) is 23.2 Å². The van der Waals surface area contributed by atoms with Crippen LogP contribution in [0.15, 0.2) is 6.07 Å².